The molecular weight excluding hydrogens is 351 g/mol. The third-order valence-corrected chi connectivity index (χ3v) is 5.50. The Hall–Kier alpha value is -2.29. The van der Waals surface area contributed by atoms with Gasteiger partial charge in [0.1, 0.15) is 0 Å². The highest BCUT2D eigenvalue weighted by Gasteiger charge is 2.50. The van der Waals surface area contributed by atoms with Crippen LogP contribution in [-0.2, 0) is 9.53 Å². The molecule has 2 aromatic heterocycles. The van der Waals surface area contributed by atoms with Gasteiger partial charge in [0.15, 0.2) is 29.4 Å². The van der Waals surface area contributed by atoms with E-state index in [1.165, 1.54) is 6.33 Å². The summed E-state index contributed by atoms with van der Waals surface area (Å²) < 4.78 is 22.7. The molecule has 0 bridgehead atoms. The van der Waals surface area contributed by atoms with Crippen molar-refractivity contribution >= 4 is 28.8 Å². The van der Waals surface area contributed by atoms with E-state index in [2.05, 4.69) is 25.6 Å². The summed E-state index contributed by atoms with van der Waals surface area (Å²) in [6.45, 7) is 9.33. The number of anilines is 2. The molecule has 1 amide bonds. The number of carbonyl (C=O) groups excluding carboxylic acids is 1. The van der Waals surface area contributed by atoms with Crippen LogP contribution in [-0.4, -0.2) is 44.2 Å². The van der Waals surface area contributed by atoms with E-state index in [1.54, 1.807) is 25.5 Å². The Bertz CT molecular complexity index is 854. The molecule has 2 N–H and O–H groups in total. The Morgan fingerprint density at radius 3 is 2.70 bits per heavy atom. The molecule has 27 heavy (non-hydrogen) atoms. The summed E-state index contributed by atoms with van der Waals surface area (Å²) in [7, 11) is 1.70. The largest absolute Gasteiger partial charge is 0.371 e. The van der Waals surface area contributed by atoms with Gasteiger partial charge in [-0.1, -0.05) is 27.7 Å². The van der Waals surface area contributed by atoms with Gasteiger partial charge in [-0.3, -0.25) is 14.7 Å². The zero-order chi connectivity index (χ0) is 19.9. The van der Waals surface area contributed by atoms with E-state index in [1.807, 2.05) is 20.8 Å². The second-order valence-corrected chi connectivity index (χ2v) is 7.52. The molecule has 1 saturated heterocycles. The second kappa shape index (κ2) is 7.03. The van der Waals surface area contributed by atoms with E-state index in [4.69, 9.17) is 4.74 Å². The van der Waals surface area contributed by atoms with E-state index in [0.717, 1.165) is 0 Å². The number of nitrogens with zero attached hydrogens (tertiary/aromatic N) is 4. The Kier molecular flexibility index (Phi) is 5.07. The minimum absolute atomic E-state index is 0.145. The Morgan fingerprint density at radius 1 is 1.44 bits per heavy atom. The number of imidazole rings is 1. The number of ether oxygens (including phenoxy) is 1. The van der Waals surface area contributed by atoms with Crippen molar-refractivity contribution in [3.8, 4) is 0 Å². The maximum Gasteiger partial charge on any atom is 0.233 e. The quantitative estimate of drug-likeness (QED) is 0.830. The monoisotopic (exact) mass is 378 g/mol. The highest BCUT2D eigenvalue weighted by Crippen LogP contribution is 2.45. The number of nitrogens with one attached hydrogen (secondary N) is 2. The van der Waals surface area contributed by atoms with Crippen LogP contribution >= 0.6 is 0 Å². The van der Waals surface area contributed by atoms with Crippen molar-refractivity contribution in [2.24, 2.45) is 11.8 Å². The van der Waals surface area contributed by atoms with Gasteiger partial charge in [0.2, 0.25) is 11.9 Å². The molecule has 4 atom stereocenters. The lowest BCUT2D eigenvalue weighted by Crippen LogP contribution is -2.31. The van der Waals surface area contributed by atoms with Crippen LogP contribution in [0.15, 0.2) is 6.33 Å². The van der Waals surface area contributed by atoms with Crippen molar-refractivity contribution in [3.63, 3.8) is 0 Å². The van der Waals surface area contributed by atoms with Crippen LogP contribution in [0.3, 0.4) is 0 Å². The average molecular weight is 378 g/mol. The lowest BCUT2D eigenvalue weighted by atomic mass is 9.87. The summed E-state index contributed by atoms with van der Waals surface area (Å²) in [5.74, 6) is -0.0814. The Morgan fingerprint density at radius 2 is 2.15 bits per heavy atom. The van der Waals surface area contributed by atoms with Gasteiger partial charge in [-0.15, -0.1) is 0 Å². The molecule has 1 aliphatic rings. The Balaban J connectivity index is 2.06. The summed E-state index contributed by atoms with van der Waals surface area (Å²) in [6.07, 6.45) is 0.182. The number of aromatic nitrogens is 4. The summed E-state index contributed by atoms with van der Waals surface area (Å²) >= 11 is 0. The lowest BCUT2D eigenvalue weighted by Gasteiger charge is -2.26. The van der Waals surface area contributed by atoms with Crippen molar-refractivity contribution in [2.45, 2.75) is 59.0 Å². The van der Waals surface area contributed by atoms with Gasteiger partial charge in [-0.05, 0) is 13.3 Å². The molecule has 0 unspecified atom stereocenters. The third kappa shape index (κ3) is 3.24. The highest BCUT2D eigenvalue weighted by atomic mass is 19.1. The minimum atomic E-state index is -1.20. The molecule has 1 fully saturated rings. The van der Waals surface area contributed by atoms with Crippen LogP contribution in [0, 0.1) is 11.8 Å². The molecule has 3 heterocycles. The summed E-state index contributed by atoms with van der Waals surface area (Å²) in [4.78, 5) is 25.1. The van der Waals surface area contributed by atoms with Gasteiger partial charge in [-0.2, -0.15) is 9.97 Å². The number of alkyl halides is 1. The fraction of sp³-hybridized carbons (Fsp3) is 0.667. The van der Waals surface area contributed by atoms with Crippen LogP contribution < -0.4 is 10.6 Å². The molecular formula is C18H27FN6O2. The van der Waals surface area contributed by atoms with Gasteiger partial charge >= 0.3 is 0 Å². The van der Waals surface area contributed by atoms with Crippen molar-refractivity contribution in [1.82, 2.24) is 19.5 Å². The van der Waals surface area contributed by atoms with Gasteiger partial charge in [0, 0.05) is 18.9 Å². The molecule has 9 heteroatoms. The lowest BCUT2D eigenvalue weighted by molar-refractivity contribution is -0.118. The fourth-order valence-electron chi connectivity index (χ4n) is 3.23. The summed E-state index contributed by atoms with van der Waals surface area (Å²) in [5, 5.41) is 5.64. The molecule has 0 aliphatic carbocycles. The van der Waals surface area contributed by atoms with Crippen molar-refractivity contribution in [1.29, 1.82) is 0 Å². The summed E-state index contributed by atoms with van der Waals surface area (Å²) in [6, 6.07) is 0. The van der Waals surface area contributed by atoms with E-state index in [-0.39, 0.29) is 23.7 Å². The fourth-order valence-corrected chi connectivity index (χ4v) is 3.23. The third-order valence-electron chi connectivity index (χ3n) is 5.50. The first kappa shape index (κ1) is 19.5. The smallest absolute Gasteiger partial charge is 0.233 e. The predicted molar refractivity (Wildman–Crippen MR) is 101 cm³/mol. The number of rotatable bonds is 5. The maximum atomic E-state index is 15.1. The molecule has 8 nitrogen and oxygen atoms in total. The summed E-state index contributed by atoms with van der Waals surface area (Å²) in [5.41, 5.74) is 0.344. The number of hydrogen-bond donors (Lipinski definition) is 2. The first-order valence-corrected chi connectivity index (χ1v) is 9.27. The van der Waals surface area contributed by atoms with Gasteiger partial charge in [0.25, 0.3) is 0 Å². The normalized spacial score (nSPS) is 28.1. The number of carbonyl (C=O) groups is 1. The zero-order valence-corrected chi connectivity index (χ0v) is 16.6. The van der Waals surface area contributed by atoms with Crippen LogP contribution in [0.1, 0.15) is 47.3 Å². The van der Waals surface area contributed by atoms with Gasteiger partial charge in [0.05, 0.1) is 11.9 Å². The molecule has 0 saturated carbocycles. The predicted octanol–water partition coefficient (Wildman–Crippen LogP) is 3.13. The molecule has 0 spiro atoms. The van der Waals surface area contributed by atoms with Crippen LogP contribution in [0.2, 0.25) is 0 Å². The van der Waals surface area contributed by atoms with Crippen molar-refractivity contribution in [2.75, 3.05) is 17.7 Å². The van der Waals surface area contributed by atoms with Crippen LogP contribution in [0.25, 0.3) is 11.2 Å². The SMILES string of the molecule is CC[C@@]1(C)O[C@@H](n2cnc3c(NC)nc(NC(=O)C(C)C)nc32)[C@H](F)[C@@H]1C. The van der Waals surface area contributed by atoms with E-state index < -0.39 is 18.0 Å². The van der Waals surface area contributed by atoms with Crippen molar-refractivity contribution in [3.05, 3.63) is 6.33 Å². The van der Waals surface area contributed by atoms with Crippen LogP contribution in [0.4, 0.5) is 16.2 Å². The molecule has 1 aliphatic heterocycles. The molecule has 2 aromatic rings. The van der Waals surface area contributed by atoms with Crippen LogP contribution in [0.5, 0.6) is 0 Å². The topological polar surface area (TPSA) is 94.0 Å². The number of fused-ring (bicyclic) bond motifs is 1. The average Bonchev–Trinajstić information content (AvgIpc) is 3.16. The first-order chi connectivity index (χ1) is 12.7. The first-order valence-electron chi connectivity index (χ1n) is 9.27. The molecule has 3 rings (SSSR count). The highest BCUT2D eigenvalue weighted by molar-refractivity contribution is 5.92. The maximum absolute atomic E-state index is 15.1. The zero-order valence-electron chi connectivity index (χ0n) is 16.6. The minimum Gasteiger partial charge on any atom is -0.371 e. The molecule has 0 radical (unpaired) electrons. The van der Waals surface area contributed by atoms with Crippen molar-refractivity contribution < 1.29 is 13.9 Å². The molecule has 0 aromatic carbocycles. The Labute approximate surface area is 157 Å². The standard InChI is InChI=1S/C18H27FN6O2/c1-7-18(5)10(4)11(19)16(27-18)25-8-21-12-13(20-6)22-17(23-14(12)25)24-15(26)9(2)3/h8-11,16H,7H2,1-6H3,(H2,20,22,23,24,26)/t10-,11+,16+,18+/m0/s1. The van der Waals surface area contributed by atoms with E-state index >= 15 is 4.39 Å². The van der Waals surface area contributed by atoms with Gasteiger partial charge < -0.3 is 10.1 Å². The number of amides is 1. The second-order valence-electron chi connectivity index (χ2n) is 7.52. The van der Waals surface area contributed by atoms with E-state index in [0.29, 0.717) is 23.4 Å². The molecule has 148 valence electrons. The van der Waals surface area contributed by atoms with E-state index in [9.17, 15) is 4.79 Å². The number of hydrogen-bond acceptors (Lipinski definition) is 6. The van der Waals surface area contributed by atoms with Gasteiger partial charge in [-0.25, -0.2) is 9.37 Å². The number of halogens is 1.